The summed E-state index contributed by atoms with van der Waals surface area (Å²) in [6.45, 7) is 2.11. The molecule has 5 nitrogen and oxygen atoms in total. The van der Waals surface area contributed by atoms with Crippen LogP contribution in [0.3, 0.4) is 0 Å². The maximum absolute atomic E-state index is 14.5. The number of ether oxygens (including phenoxy) is 2. The lowest BCUT2D eigenvalue weighted by Crippen LogP contribution is -2.11. The standard InChI is InChI=1S/C21H16FN3O2S/c1-12-3-5-14(15(22)7-12)19-9-16-20(28-19)21(24-10-23-16)25(2)13-4-6-17-18(8-13)27-11-26-17/h3-10H,11H2,1-2H3. The van der Waals surface area contributed by atoms with E-state index >= 15 is 0 Å². The first-order chi connectivity index (χ1) is 13.6. The van der Waals surface area contributed by atoms with Gasteiger partial charge >= 0.3 is 0 Å². The number of rotatable bonds is 3. The molecule has 0 aliphatic carbocycles. The normalized spacial score (nSPS) is 12.5. The van der Waals surface area contributed by atoms with E-state index in [9.17, 15) is 4.39 Å². The van der Waals surface area contributed by atoms with Gasteiger partial charge < -0.3 is 14.4 Å². The number of hydrogen-bond acceptors (Lipinski definition) is 6. The van der Waals surface area contributed by atoms with E-state index in [-0.39, 0.29) is 12.6 Å². The van der Waals surface area contributed by atoms with Gasteiger partial charge in [0.15, 0.2) is 17.3 Å². The minimum Gasteiger partial charge on any atom is -0.454 e. The lowest BCUT2D eigenvalue weighted by Gasteiger charge is -2.19. The first-order valence-corrected chi connectivity index (χ1v) is 9.56. The average molecular weight is 393 g/mol. The van der Waals surface area contributed by atoms with E-state index in [2.05, 4.69) is 9.97 Å². The van der Waals surface area contributed by atoms with E-state index in [0.717, 1.165) is 37.9 Å². The van der Waals surface area contributed by atoms with Crippen LogP contribution in [0.25, 0.3) is 20.7 Å². The van der Waals surface area contributed by atoms with E-state index in [1.807, 2.05) is 55.3 Å². The number of nitrogens with zero attached hydrogens (tertiary/aromatic N) is 3. The number of benzene rings is 2. The molecule has 2 aromatic carbocycles. The van der Waals surface area contributed by atoms with Crippen LogP contribution < -0.4 is 14.4 Å². The van der Waals surface area contributed by atoms with Gasteiger partial charge in [-0.1, -0.05) is 12.1 Å². The summed E-state index contributed by atoms with van der Waals surface area (Å²) >= 11 is 1.48. The molecule has 1 aliphatic heterocycles. The quantitative estimate of drug-likeness (QED) is 0.473. The van der Waals surface area contributed by atoms with Gasteiger partial charge in [-0.25, -0.2) is 14.4 Å². The van der Waals surface area contributed by atoms with Crippen LogP contribution in [-0.2, 0) is 0 Å². The van der Waals surface area contributed by atoms with Gasteiger partial charge in [0.1, 0.15) is 12.1 Å². The Morgan fingerprint density at radius 2 is 1.89 bits per heavy atom. The van der Waals surface area contributed by atoms with Crippen LogP contribution in [0.1, 0.15) is 5.56 Å². The van der Waals surface area contributed by atoms with Gasteiger partial charge in [-0.05, 0) is 36.8 Å². The maximum atomic E-state index is 14.5. The third-order valence-electron chi connectivity index (χ3n) is 4.74. The van der Waals surface area contributed by atoms with Gasteiger partial charge in [0.25, 0.3) is 0 Å². The molecule has 3 heterocycles. The Hall–Kier alpha value is -3.19. The highest BCUT2D eigenvalue weighted by Gasteiger charge is 2.19. The molecule has 0 unspecified atom stereocenters. The van der Waals surface area contributed by atoms with Crippen LogP contribution in [0, 0.1) is 12.7 Å². The molecule has 0 atom stereocenters. The number of halogens is 1. The maximum Gasteiger partial charge on any atom is 0.231 e. The summed E-state index contributed by atoms with van der Waals surface area (Å²) < 4.78 is 26.2. The van der Waals surface area contributed by atoms with E-state index in [1.165, 1.54) is 17.7 Å². The Labute approximate surface area is 165 Å². The summed E-state index contributed by atoms with van der Waals surface area (Å²) in [6.07, 6.45) is 1.53. The van der Waals surface area contributed by atoms with Gasteiger partial charge in [-0.3, -0.25) is 0 Å². The molecule has 7 heteroatoms. The highest BCUT2D eigenvalue weighted by atomic mass is 32.1. The van der Waals surface area contributed by atoms with Crippen molar-refractivity contribution in [3.8, 4) is 21.9 Å². The van der Waals surface area contributed by atoms with E-state index in [0.29, 0.717) is 11.3 Å². The second-order valence-corrected chi connectivity index (χ2v) is 7.65. The van der Waals surface area contributed by atoms with Gasteiger partial charge in [-0.15, -0.1) is 11.3 Å². The Morgan fingerprint density at radius 1 is 1.04 bits per heavy atom. The van der Waals surface area contributed by atoms with Gasteiger partial charge in [0, 0.05) is 29.2 Å². The lowest BCUT2D eigenvalue weighted by atomic mass is 10.1. The highest BCUT2D eigenvalue weighted by molar-refractivity contribution is 7.22. The fourth-order valence-electron chi connectivity index (χ4n) is 3.25. The van der Waals surface area contributed by atoms with Crippen molar-refractivity contribution >= 4 is 33.1 Å². The smallest absolute Gasteiger partial charge is 0.231 e. The van der Waals surface area contributed by atoms with E-state index < -0.39 is 0 Å². The fourth-order valence-corrected chi connectivity index (χ4v) is 4.41. The minimum atomic E-state index is -0.231. The summed E-state index contributed by atoms with van der Waals surface area (Å²) in [4.78, 5) is 11.7. The Kier molecular flexibility index (Phi) is 3.91. The first kappa shape index (κ1) is 16.9. The molecule has 1 aliphatic rings. The van der Waals surface area contributed by atoms with Gasteiger partial charge in [-0.2, -0.15) is 0 Å². The number of thiophene rings is 1. The van der Waals surface area contributed by atoms with Crippen molar-refractivity contribution in [2.75, 3.05) is 18.7 Å². The number of fused-ring (bicyclic) bond motifs is 2. The van der Waals surface area contributed by atoms with Crippen molar-refractivity contribution in [2.45, 2.75) is 6.92 Å². The molecule has 2 aromatic heterocycles. The lowest BCUT2D eigenvalue weighted by molar-refractivity contribution is 0.174. The molecule has 0 saturated carbocycles. The van der Waals surface area contributed by atoms with Crippen LogP contribution in [-0.4, -0.2) is 23.8 Å². The largest absolute Gasteiger partial charge is 0.454 e. The molecule has 0 fully saturated rings. The second-order valence-electron chi connectivity index (χ2n) is 6.60. The van der Waals surface area contributed by atoms with Crippen molar-refractivity contribution in [1.82, 2.24) is 9.97 Å². The van der Waals surface area contributed by atoms with Crippen molar-refractivity contribution < 1.29 is 13.9 Å². The zero-order valence-electron chi connectivity index (χ0n) is 15.3. The molecule has 0 N–H and O–H groups in total. The van der Waals surface area contributed by atoms with Crippen LogP contribution in [0.2, 0.25) is 0 Å². The Morgan fingerprint density at radius 3 is 2.75 bits per heavy atom. The van der Waals surface area contributed by atoms with Crippen molar-refractivity contribution in [1.29, 1.82) is 0 Å². The van der Waals surface area contributed by atoms with Crippen molar-refractivity contribution in [2.24, 2.45) is 0 Å². The number of aromatic nitrogens is 2. The van der Waals surface area contributed by atoms with Crippen LogP contribution in [0.4, 0.5) is 15.9 Å². The van der Waals surface area contributed by atoms with Crippen LogP contribution in [0.5, 0.6) is 11.5 Å². The third kappa shape index (κ3) is 2.75. The van der Waals surface area contributed by atoms with E-state index in [1.54, 1.807) is 6.07 Å². The average Bonchev–Trinajstić information content (AvgIpc) is 3.33. The van der Waals surface area contributed by atoms with Crippen LogP contribution >= 0.6 is 11.3 Å². The van der Waals surface area contributed by atoms with E-state index in [4.69, 9.17) is 9.47 Å². The minimum absolute atomic E-state index is 0.231. The molecule has 0 bridgehead atoms. The molecule has 4 aromatic rings. The molecule has 5 rings (SSSR count). The van der Waals surface area contributed by atoms with Crippen LogP contribution in [0.15, 0.2) is 48.8 Å². The highest BCUT2D eigenvalue weighted by Crippen LogP contribution is 2.41. The zero-order valence-corrected chi connectivity index (χ0v) is 16.1. The molecule has 140 valence electrons. The summed E-state index contributed by atoms with van der Waals surface area (Å²) in [7, 11) is 1.94. The first-order valence-electron chi connectivity index (χ1n) is 8.74. The predicted molar refractivity (Wildman–Crippen MR) is 108 cm³/mol. The summed E-state index contributed by atoms with van der Waals surface area (Å²) in [6, 6.07) is 12.9. The Bertz CT molecular complexity index is 1210. The summed E-state index contributed by atoms with van der Waals surface area (Å²) in [5.41, 5.74) is 3.17. The number of hydrogen-bond donors (Lipinski definition) is 0. The summed E-state index contributed by atoms with van der Waals surface area (Å²) in [5, 5.41) is 0. The molecule has 0 radical (unpaired) electrons. The molecule has 0 amide bonds. The molecule has 28 heavy (non-hydrogen) atoms. The number of anilines is 2. The SMILES string of the molecule is Cc1ccc(-c2cc3ncnc(N(C)c4ccc5c(c4)OCO5)c3s2)c(F)c1. The van der Waals surface area contributed by atoms with Crippen molar-refractivity contribution in [3.05, 3.63) is 60.2 Å². The summed E-state index contributed by atoms with van der Waals surface area (Å²) in [5.74, 6) is 1.97. The van der Waals surface area contributed by atoms with Gasteiger partial charge in [0.2, 0.25) is 6.79 Å². The van der Waals surface area contributed by atoms with Gasteiger partial charge in [0.05, 0.1) is 10.2 Å². The van der Waals surface area contributed by atoms with Crippen molar-refractivity contribution in [3.63, 3.8) is 0 Å². The third-order valence-corrected chi connectivity index (χ3v) is 5.90. The zero-order chi connectivity index (χ0) is 19.3. The molecular weight excluding hydrogens is 377 g/mol. The Balaban J connectivity index is 1.59. The topological polar surface area (TPSA) is 47.5 Å². The second kappa shape index (κ2) is 6.45. The monoisotopic (exact) mass is 393 g/mol. The molecular formula is C21H16FN3O2S. The molecule has 0 spiro atoms. The number of aryl methyl sites for hydroxylation is 1. The molecule has 0 saturated heterocycles. The predicted octanol–water partition coefficient (Wildman–Crippen LogP) is 5.30. The fraction of sp³-hybridized carbons (Fsp3) is 0.143.